The third-order valence-electron chi connectivity index (χ3n) is 1.67. The van der Waals surface area contributed by atoms with Crippen molar-refractivity contribution < 1.29 is 14.7 Å². The number of aliphatic carboxylic acids is 1. The van der Waals surface area contributed by atoms with E-state index in [1.807, 2.05) is 0 Å². The van der Waals surface area contributed by atoms with E-state index in [1.54, 1.807) is 0 Å². The predicted octanol–water partition coefficient (Wildman–Crippen LogP) is 1.69. The van der Waals surface area contributed by atoms with E-state index >= 15 is 0 Å². The van der Waals surface area contributed by atoms with E-state index in [2.05, 4.69) is 0 Å². The van der Waals surface area contributed by atoms with Crippen LogP contribution in [0.25, 0.3) is 0 Å². The molecule has 0 saturated carbocycles. The molecule has 0 saturated heterocycles. The number of halogens is 1. The van der Waals surface area contributed by atoms with Gasteiger partial charge in [0.15, 0.2) is 0 Å². The van der Waals surface area contributed by atoms with Crippen LogP contribution in [-0.2, 0) is 9.59 Å². The number of hydrogen-bond donors (Lipinski definition) is 1. The van der Waals surface area contributed by atoms with Crippen molar-refractivity contribution in [1.82, 2.24) is 0 Å². The Kier molecular flexibility index (Phi) is 5.72. The van der Waals surface area contributed by atoms with Crippen LogP contribution in [0.2, 0.25) is 0 Å². The van der Waals surface area contributed by atoms with Crippen molar-refractivity contribution in [1.29, 1.82) is 0 Å². The first-order valence-electron chi connectivity index (χ1n) is 3.88. The van der Waals surface area contributed by atoms with Gasteiger partial charge in [0.25, 0.3) is 0 Å². The number of carboxylic acids is 1. The van der Waals surface area contributed by atoms with Gasteiger partial charge in [-0.15, -0.1) is 11.6 Å². The highest BCUT2D eigenvalue weighted by Gasteiger charge is 2.21. The summed E-state index contributed by atoms with van der Waals surface area (Å²) in [5.41, 5.74) is 0. The minimum Gasteiger partial charge on any atom is -0.481 e. The van der Waals surface area contributed by atoms with Crippen LogP contribution >= 0.6 is 11.6 Å². The quantitative estimate of drug-likeness (QED) is 0.396. The zero-order valence-electron chi connectivity index (χ0n) is 7.05. The monoisotopic (exact) mass is 192 g/mol. The summed E-state index contributed by atoms with van der Waals surface area (Å²) in [6.45, 7) is 1.31. The molecule has 0 fully saturated rings. The Labute approximate surface area is 76.7 Å². The third kappa shape index (κ3) is 4.34. The summed E-state index contributed by atoms with van der Waals surface area (Å²) in [7, 11) is 0. The van der Waals surface area contributed by atoms with Gasteiger partial charge in [-0.05, 0) is 19.8 Å². The van der Waals surface area contributed by atoms with Crippen molar-refractivity contribution in [2.75, 3.05) is 5.88 Å². The van der Waals surface area contributed by atoms with Crippen LogP contribution in [0.15, 0.2) is 0 Å². The Balaban J connectivity index is 3.80. The summed E-state index contributed by atoms with van der Waals surface area (Å²) >= 11 is 5.41. The zero-order chi connectivity index (χ0) is 9.56. The lowest BCUT2D eigenvalue weighted by molar-refractivity contribution is -0.146. The van der Waals surface area contributed by atoms with Crippen molar-refractivity contribution in [2.24, 2.45) is 5.92 Å². The summed E-state index contributed by atoms with van der Waals surface area (Å²) in [6.07, 6.45) is 1.86. The molecule has 0 aromatic heterocycles. The van der Waals surface area contributed by atoms with Gasteiger partial charge in [0.1, 0.15) is 11.7 Å². The molecule has 0 amide bonds. The normalized spacial score (nSPS) is 12.5. The van der Waals surface area contributed by atoms with Gasteiger partial charge in [0.05, 0.1) is 0 Å². The predicted molar refractivity (Wildman–Crippen MR) is 46.4 cm³/mol. The average molecular weight is 193 g/mol. The lowest BCUT2D eigenvalue weighted by Crippen LogP contribution is -2.21. The molecule has 1 unspecified atom stereocenters. The van der Waals surface area contributed by atoms with E-state index in [1.165, 1.54) is 6.92 Å². The molecule has 0 bridgehead atoms. The molecule has 0 spiro atoms. The van der Waals surface area contributed by atoms with Crippen molar-refractivity contribution >= 4 is 23.4 Å². The molecule has 1 atom stereocenters. The fourth-order valence-electron chi connectivity index (χ4n) is 0.944. The van der Waals surface area contributed by atoms with Gasteiger partial charge in [-0.3, -0.25) is 9.59 Å². The van der Waals surface area contributed by atoms with Crippen molar-refractivity contribution in [3.05, 3.63) is 0 Å². The van der Waals surface area contributed by atoms with Gasteiger partial charge in [-0.2, -0.15) is 0 Å². The van der Waals surface area contributed by atoms with Crippen molar-refractivity contribution in [3.63, 3.8) is 0 Å². The first-order valence-corrected chi connectivity index (χ1v) is 4.42. The van der Waals surface area contributed by atoms with Crippen LogP contribution in [0.5, 0.6) is 0 Å². The van der Waals surface area contributed by atoms with Crippen molar-refractivity contribution in [2.45, 2.75) is 26.2 Å². The summed E-state index contributed by atoms with van der Waals surface area (Å²) in [4.78, 5) is 21.2. The minimum atomic E-state index is -1.03. The summed E-state index contributed by atoms with van der Waals surface area (Å²) in [5, 5.41) is 8.59. The Bertz CT molecular complexity index is 154. The number of hydrogen-bond acceptors (Lipinski definition) is 2. The van der Waals surface area contributed by atoms with E-state index in [-0.39, 0.29) is 5.78 Å². The van der Waals surface area contributed by atoms with Gasteiger partial charge in [0, 0.05) is 5.88 Å². The molecule has 0 heterocycles. The summed E-state index contributed by atoms with van der Waals surface area (Å²) < 4.78 is 0. The van der Waals surface area contributed by atoms with Crippen LogP contribution in [0.3, 0.4) is 0 Å². The molecular weight excluding hydrogens is 180 g/mol. The highest BCUT2D eigenvalue weighted by molar-refractivity contribution is 6.17. The molecule has 0 aromatic carbocycles. The second-order valence-electron chi connectivity index (χ2n) is 2.69. The Morgan fingerprint density at radius 1 is 1.42 bits per heavy atom. The molecule has 0 rings (SSSR count). The molecule has 70 valence electrons. The Morgan fingerprint density at radius 2 is 2.00 bits per heavy atom. The summed E-state index contributed by atoms with van der Waals surface area (Å²) in [5.74, 6) is -1.63. The zero-order valence-corrected chi connectivity index (χ0v) is 7.80. The number of carboxylic acid groups (broad SMARTS) is 1. The molecule has 12 heavy (non-hydrogen) atoms. The van der Waals surface area contributed by atoms with Gasteiger partial charge in [0.2, 0.25) is 0 Å². The molecule has 1 N–H and O–H groups in total. The van der Waals surface area contributed by atoms with E-state index in [4.69, 9.17) is 16.7 Å². The van der Waals surface area contributed by atoms with Crippen LogP contribution in [0, 0.1) is 5.92 Å². The number of rotatable bonds is 6. The summed E-state index contributed by atoms with van der Waals surface area (Å²) in [6, 6.07) is 0. The maximum absolute atomic E-state index is 10.8. The molecule has 0 aromatic rings. The number of ketones is 1. The maximum atomic E-state index is 10.8. The lowest BCUT2D eigenvalue weighted by Gasteiger charge is -2.06. The van der Waals surface area contributed by atoms with Gasteiger partial charge < -0.3 is 5.11 Å². The standard InChI is InChI=1S/C8H13ClO3/c1-6(10)7(8(11)12)4-2-3-5-9/h7H,2-5H2,1H3,(H,11,12). The number of carbonyl (C=O) groups excluding carboxylic acids is 1. The SMILES string of the molecule is CC(=O)C(CCCCCl)C(=O)O. The van der Waals surface area contributed by atoms with E-state index in [9.17, 15) is 9.59 Å². The second kappa shape index (κ2) is 6.00. The topological polar surface area (TPSA) is 54.4 Å². The van der Waals surface area contributed by atoms with Gasteiger partial charge >= 0.3 is 5.97 Å². The van der Waals surface area contributed by atoms with Crippen LogP contribution in [0.1, 0.15) is 26.2 Å². The van der Waals surface area contributed by atoms with Crippen LogP contribution < -0.4 is 0 Å². The van der Waals surface area contributed by atoms with E-state index in [0.29, 0.717) is 18.7 Å². The van der Waals surface area contributed by atoms with Crippen molar-refractivity contribution in [3.8, 4) is 0 Å². The molecule has 3 nitrogen and oxygen atoms in total. The molecule has 0 aliphatic heterocycles. The lowest BCUT2D eigenvalue weighted by atomic mass is 9.99. The maximum Gasteiger partial charge on any atom is 0.314 e. The smallest absolute Gasteiger partial charge is 0.314 e. The molecule has 0 aliphatic carbocycles. The highest BCUT2D eigenvalue weighted by atomic mass is 35.5. The number of alkyl halides is 1. The molecule has 0 radical (unpaired) electrons. The minimum absolute atomic E-state index is 0.280. The van der Waals surface area contributed by atoms with E-state index < -0.39 is 11.9 Å². The third-order valence-corrected chi connectivity index (χ3v) is 1.93. The molecular formula is C8H13ClO3. The van der Waals surface area contributed by atoms with Gasteiger partial charge in [-0.25, -0.2) is 0 Å². The van der Waals surface area contributed by atoms with Crippen LogP contribution in [0.4, 0.5) is 0 Å². The average Bonchev–Trinajstić information content (AvgIpc) is 1.96. The van der Waals surface area contributed by atoms with Gasteiger partial charge in [-0.1, -0.05) is 6.42 Å². The molecule has 4 heteroatoms. The fourth-order valence-corrected chi connectivity index (χ4v) is 1.13. The van der Waals surface area contributed by atoms with Crippen LogP contribution in [-0.4, -0.2) is 22.7 Å². The number of carbonyl (C=O) groups is 2. The Morgan fingerprint density at radius 3 is 2.33 bits per heavy atom. The largest absolute Gasteiger partial charge is 0.481 e. The number of Topliss-reactive ketones (excluding diaryl/α,β-unsaturated/α-hetero) is 1. The molecule has 0 aliphatic rings. The fraction of sp³-hybridized carbons (Fsp3) is 0.750. The first-order chi connectivity index (χ1) is 5.59. The first kappa shape index (κ1) is 11.4. The second-order valence-corrected chi connectivity index (χ2v) is 3.06. The number of unbranched alkanes of at least 4 members (excludes halogenated alkanes) is 1. The highest BCUT2D eigenvalue weighted by Crippen LogP contribution is 2.10. The Hall–Kier alpha value is -0.570. The van der Waals surface area contributed by atoms with E-state index in [0.717, 1.165) is 6.42 Å².